The zero-order chi connectivity index (χ0) is 13.8. The number of nitrogen functional groups attached to an aromatic ring is 1. The second-order valence-electron chi connectivity index (χ2n) is 3.54. The van der Waals surface area contributed by atoms with Gasteiger partial charge in [0.05, 0.1) is 5.75 Å². The summed E-state index contributed by atoms with van der Waals surface area (Å²) in [5.74, 6) is -0.0710. The lowest BCUT2D eigenvalue weighted by Crippen LogP contribution is -2.27. The van der Waals surface area contributed by atoms with Gasteiger partial charge < -0.3 is 5.73 Å². The van der Waals surface area contributed by atoms with Crippen molar-refractivity contribution in [1.29, 1.82) is 0 Å². The number of rotatable bonds is 6. The Balaban J connectivity index is 2.58. The fourth-order valence-corrected chi connectivity index (χ4v) is 2.68. The quantitative estimate of drug-likeness (QED) is 0.551. The number of nitrogens with one attached hydrogen (secondary N) is 1. The van der Waals surface area contributed by atoms with Gasteiger partial charge in [0.25, 0.3) is 0 Å². The third-order valence-electron chi connectivity index (χ3n) is 1.97. The van der Waals surface area contributed by atoms with E-state index in [1.807, 2.05) is 0 Å². The fraction of sp³-hybridized carbons (Fsp3) is 0.375. The molecule has 5 N–H and O–H groups in total. The van der Waals surface area contributed by atoms with Crippen LogP contribution in [0.4, 0.5) is 5.82 Å². The first-order valence-corrected chi connectivity index (χ1v) is 8.12. The topological polar surface area (TPSA) is 145 Å². The van der Waals surface area contributed by atoms with Crippen LogP contribution < -0.4 is 15.6 Å². The molecule has 0 aliphatic heterocycles. The Morgan fingerprint density at radius 3 is 2.39 bits per heavy atom. The molecular formula is C8H14N4O4S2. The van der Waals surface area contributed by atoms with E-state index in [1.54, 1.807) is 0 Å². The van der Waals surface area contributed by atoms with Crippen LogP contribution in [0.5, 0.6) is 0 Å². The zero-order valence-electron chi connectivity index (χ0n) is 9.40. The average molecular weight is 294 g/mol. The largest absolute Gasteiger partial charge is 0.384 e. The van der Waals surface area contributed by atoms with Gasteiger partial charge in [0.15, 0.2) is 0 Å². The van der Waals surface area contributed by atoms with Crippen LogP contribution in [-0.2, 0) is 20.0 Å². The fourth-order valence-electron chi connectivity index (χ4n) is 1.11. The Kier molecular flexibility index (Phi) is 4.62. The molecule has 0 saturated carbocycles. The Hall–Kier alpha value is -1.23. The third-order valence-corrected chi connectivity index (χ3v) is 4.27. The maximum absolute atomic E-state index is 11.7. The van der Waals surface area contributed by atoms with E-state index >= 15 is 0 Å². The van der Waals surface area contributed by atoms with Gasteiger partial charge >= 0.3 is 0 Å². The molecule has 1 aromatic heterocycles. The molecule has 0 amide bonds. The maximum atomic E-state index is 11.7. The smallest absolute Gasteiger partial charge is 0.242 e. The highest BCUT2D eigenvalue weighted by molar-refractivity contribution is 7.89. The summed E-state index contributed by atoms with van der Waals surface area (Å²) in [5, 5.41) is 4.78. The van der Waals surface area contributed by atoms with Gasteiger partial charge in [0.2, 0.25) is 20.0 Å². The van der Waals surface area contributed by atoms with Crippen molar-refractivity contribution in [3.8, 4) is 0 Å². The first-order chi connectivity index (χ1) is 8.21. The number of primary sulfonamides is 1. The molecular weight excluding hydrogens is 280 g/mol. The number of aromatic nitrogens is 1. The molecule has 0 fully saturated rings. The molecule has 0 atom stereocenters. The summed E-state index contributed by atoms with van der Waals surface area (Å²) < 4.78 is 46.9. The number of sulfonamides is 2. The van der Waals surface area contributed by atoms with Gasteiger partial charge in [0.1, 0.15) is 10.7 Å². The summed E-state index contributed by atoms with van der Waals surface area (Å²) in [4.78, 5) is 3.62. The molecule has 1 aromatic rings. The van der Waals surface area contributed by atoms with Crippen molar-refractivity contribution in [3.63, 3.8) is 0 Å². The standard InChI is InChI=1S/C8H14N4O4S2/c9-8-3-2-7(6-11-8)18(15,16)12-4-1-5-17(10,13)14/h2-3,6,12H,1,4-5H2,(H2,9,11)(H2,10,13,14). The minimum absolute atomic E-state index is 0.0247. The molecule has 0 aromatic carbocycles. The van der Waals surface area contributed by atoms with Crippen molar-refractivity contribution >= 4 is 25.9 Å². The number of hydrogen-bond acceptors (Lipinski definition) is 6. The van der Waals surface area contributed by atoms with E-state index in [-0.39, 0.29) is 29.4 Å². The highest BCUT2D eigenvalue weighted by Crippen LogP contribution is 2.08. The summed E-state index contributed by atoms with van der Waals surface area (Å²) in [5.41, 5.74) is 5.33. The number of nitrogens with zero attached hydrogens (tertiary/aromatic N) is 1. The van der Waals surface area contributed by atoms with Gasteiger partial charge in [-0.05, 0) is 18.6 Å². The molecule has 8 nitrogen and oxygen atoms in total. The van der Waals surface area contributed by atoms with Gasteiger partial charge in [-0.15, -0.1) is 0 Å². The molecule has 1 rings (SSSR count). The molecule has 0 saturated heterocycles. The van der Waals surface area contributed by atoms with Crippen molar-refractivity contribution in [2.45, 2.75) is 11.3 Å². The molecule has 0 aliphatic carbocycles. The van der Waals surface area contributed by atoms with Crippen molar-refractivity contribution in [2.75, 3.05) is 18.0 Å². The van der Waals surface area contributed by atoms with Crippen LogP contribution in [0.15, 0.2) is 23.2 Å². The second kappa shape index (κ2) is 5.61. The third kappa shape index (κ3) is 4.96. The maximum Gasteiger partial charge on any atom is 0.242 e. The molecule has 18 heavy (non-hydrogen) atoms. The Morgan fingerprint density at radius 1 is 1.22 bits per heavy atom. The molecule has 0 bridgehead atoms. The van der Waals surface area contributed by atoms with E-state index in [0.29, 0.717) is 0 Å². The van der Waals surface area contributed by atoms with Crippen molar-refractivity contribution in [1.82, 2.24) is 9.71 Å². The number of anilines is 1. The van der Waals surface area contributed by atoms with Gasteiger partial charge in [-0.2, -0.15) is 0 Å². The first-order valence-electron chi connectivity index (χ1n) is 4.92. The van der Waals surface area contributed by atoms with E-state index in [9.17, 15) is 16.8 Å². The second-order valence-corrected chi connectivity index (χ2v) is 7.04. The predicted octanol–water partition coefficient (Wildman–Crippen LogP) is -1.38. The summed E-state index contributed by atoms with van der Waals surface area (Å²) in [7, 11) is -7.27. The Bertz CT molecular complexity index is 594. The molecule has 0 aliphatic rings. The SMILES string of the molecule is Nc1ccc(S(=O)(=O)NCCCS(N)(=O)=O)cn1. The van der Waals surface area contributed by atoms with Crippen LogP contribution in [0.2, 0.25) is 0 Å². The summed E-state index contributed by atoms with van der Waals surface area (Å²) in [6, 6.07) is 2.67. The first kappa shape index (κ1) is 14.8. The van der Waals surface area contributed by atoms with Gasteiger partial charge in [0, 0.05) is 12.7 Å². The summed E-state index contributed by atoms with van der Waals surface area (Å²) in [6.07, 6.45) is 1.22. The highest BCUT2D eigenvalue weighted by atomic mass is 32.2. The normalized spacial score (nSPS) is 12.5. The van der Waals surface area contributed by atoms with E-state index in [0.717, 1.165) is 6.20 Å². The van der Waals surface area contributed by atoms with Crippen LogP contribution in [0.3, 0.4) is 0 Å². The van der Waals surface area contributed by atoms with E-state index < -0.39 is 20.0 Å². The van der Waals surface area contributed by atoms with Crippen LogP contribution in [0.1, 0.15) is 6.42 Å². The summed E-state index contributed by atoms with van der Waals surface area (Å²) in [6.45, 7) is -0.0247. The minimum Gasteiger partial charge on any atom is -0.384 e. The lowest BCUT2D eigenvalue weighted by Gasteiger charge is -2.06. The molecule has 0 spiro atoms. The molecule has 0 radical (unpaired) electrons. The average Bonchev–Trinajstić information content (AvgIpc) is 2.24. The van der Waals surface area contributed by atoms with Crippen molar-refractivity contribution < 1.29 is 16.8 Å². The number of nitrogens with two attached hydrogens (primary N) is 2. The lowest BCUT2D eigenvalue weighted by molar-refractivity contribution is 0.576. The summed E-state index contributed by atoms with van der Waals surface area (Å²) >= 11 is 0. The van der Waals surface area contributed by atoms with E-state index in [2.05, 4.69) is 9.71 Å². The monoisotopic (exact) mass is 294 g/mol. The highest BCUT2D eigenvalue weighted by Gasteiger charge is 2.14. The van der Waals surface area contributed by atoms with Gasteiger partial charge in [-0.25, -0.2) is 31.7 Å². The van der Waals surface area contributed by atoms with Crippen LogP contribution in [0.25, 0.3) is 0 Å². The van der Waals surface area contributed by atoms with Gasteiger partial charge in [-0.1, -0.05) is 0 Å². The molecule has 10 heteroatoms. The molecule has 102 valence electrons. The van der Waals surface area contributed by atoms with Crippen LogP contribution in [0, 0.1) is 0 Å². The lowest BCUT2D eigenvalue weighted by atomic mass is 10.5. The molecule has 0 unspecified atom stereocenters. The predicted molar refractivity (Wildman–Crippen MR) is 66.4 cm³/mol. The Morgan fingerprint density at radius 2 is 1.89 bits per heavy atom. The number of hydrogen-bond donors (Lipinski definition) is 3. The molecule has 1 heterocycles. The van der Waals surface area contributed by atoms with E-state index in [4.69, 9.17) is 10.9 Å². The zero-order valence-corrected chi connectivity index (χ0v) is 11.0. The van der Waals surface area contributed by atoms with Crippen molar-refractivity contribution in [3.05, 3.63) is 18.3 Å². The minimum atomic E-state index is -3.70. The van der Waals surface area contributed by atoms with Crippen LogP contribution >= 0.6 is 0 Å². The van der Waals surface area contributed by atoms with Crippen molar-refractivity contribution in [2.24, 2.45) is 5.14 Å². The van der Waals surface area contributed by atoms with E-state index in [1.165, 1.54) is 12.1 Å². The van der Waals surface area contributed by atoms with Crippen LogP contribution in [-0.4, -0.2) is 34.1 Å². The number of pyridine rings is 1. The Labute approximate surface area is 105 Å². The van der Waals surface area contributed by atoms with Gasteiger partial charge in [-0.3, -0.25) is 0 Å².